The van der Waals surface area contributed by atoms with Gasteiger partial charge in [-0.15, -0.1) is 0 Å². The summed E-state index contributed by atoms with van der Waals surface area (Å²) in [5, 5.41) is 9.02. The first-order valence-electron chi connectivity index (χ1n) is 14.0. The number of anilines is 1. The fraction of sp³-hybridized carbons (Fsp3) is 0.0556. The lowest BCUT2D eigenvalue weighted by Gasteiger charge is -2.26. The number of carbonyl (C=O) groups excluding carboxylic acids is 1. The first-order valence-corrected chi connectivity index (χ1v) is 15.8. The predicted octanol–water partition coefficient (Wildman–Crippen LogP) is 8.11. The van der Waals surface area contributed by atoms with Crippen LogP contribution in [0.3, 0.4) is 0 Å². The van der Waals surface area contributed by atoms with Crippen LogP contribution >= 0.6 is 11.6 Å². The Balaban J connectivity index is 1.24. The number of fused-ring (bicyclic) bond motifs is 2. The van der Waals surface area contributed by atoms with Gasteiger partial charge in [0.25, 0.3) is 15.9 Å². The van der Waals surface area contributed by atoms with Crippen molar-refractivity contribution >= 4 is 61.0 Å². The van der Waals surface area contributed by atoms with E-state index in [0.717, 1.165) is 27.1 Å². The van der Waals surface area contributed by atoms with Gasteiger partial charge in [-0.1, -0.05) is 96.5 Å². The van der Waals surface area contributed by atoms with Gasteiger partial charge in [0.2, 0.25) is 0 Å². The highest BCUT2D eigenvalue weighted by Crippen LogP contribution is 2.32. The Morgan fingerprint density at radius 1 is 0.795 bits per heavy atom. The lowest BCUT2D eigenvalue weighted by atomic mass is 9.97. The molecule has 0 atom stereocenters. The van der Waals surface area contributed by atoms with Gasteiger partial charge in [-0.05, 0) is 82.1 Å². The van der Waals surface area contributed by atoms with Crippen LogP contribution in [0.25, 0.3) is 21.5 Å². The van der Waals surface area contributed by atoms with Crippen molar-refractivity contribution in [3.05, 3.63) is 155 Å². The summed E-state index contributed by atoms with van der Waals surface area (Å²) in [5.41, 5.74) is 5.79. The lowest BCUT2D eigenvalue weighted by Crippen LogP contribution is -2.31. The van der Waals surface area contributed by atoms with Gasteiger partial charge >= 0.3 is 0 Å². The molecule has 1 N–H and O–H groups in total. The molecule has 8 heteroatoms. The molecule has 6 aromatic carbocycles. The smallest absolute Gasteiger partial charge is 0.267 e. The zero-order valence-corrected chi connectivity index (χ0v) is 25.4. The molecule has 0 saturated carbocycles. The normalized spacial score (nSPS) is 11.7. The minimum absolute atomic E-state index is 0.0482. The fourth-order valence-electron chi connectivity index (χ4n) is 5.22. The standard InChI is InChI=1S/C36H28ClN3O3S/c1-25-34(37)16-9-17-35(25)40(44(42,43)30-12-3-2-4-13-30)24-26-18-20-27(21-19-26)36(41)39-38-23-33-31-14-7-5-10-28(31)22-29-11-6-8-15-32(29)33/h2-23H,24H2,1H3,(H,39,41)/b38-23-. The van der Waals surface area contributed by atoms with Crippen LogP contribution in [0.15, 0.2) is 137 Å². The maximum absolute atomic E-state index is 13.8. The maximum Gasteiger partial charge on any atom is 0.271 e. The molecular formula is C36H28ClN3O3S. The SMILES string of the molecule is Cc1c(Cl)cccc1N(Cc1ccc(C(=O)N/N=C\c2c3ccccc3cc3ccccc23)cc1)S(=O)(=O)c1ccccc1. The number of halogens is 1. The van der Waals surface area contributed by atoms with Crippen molar-refractivity contribution in [3.63, 3.8) is 0 Å². The van der Waals surface area contributed by atoms with Crippen molar-refractivity contribution in [1.29, 1.82) is 0 Å². The van der Waals surface area contributed by atoms with Crippen molar-refractivity contribution in [3.8, 4) is 0 Å². The summed E-state index contributed by atoms with van der Waals surface area (Å²) in [6, 6.07) is 38.6. The van der Waals surface area contributed by atoms with Crippen LogP contribution < -0.4 is 9.73 Å². The van der Waals surface area contributed by atoms with Gasteiger partial charge in [-0.25, -0.2) is 13.8 Å². The van der Waals surface area contributed by atoms with E-state index in [1.54, 1.807) is 85.9 Å². The number of rotatable bonds is 8. The Labute approximate surface area is 261 Å². The fourth-order valence-corrected chi connectivity index (χ4v) is 6.92. The molecule has 0 aliphatic heterocycles. The Morgan fingerprint density at radius 2 is 1.41 bits per heavy atom. The molecule has 218 valence electrons. The monoisotopic (exact) mass is 617 g/mol. The van der Waals surface area contributed by atoms with E-state index in [1.165, 1.54) is 4.31 Å². The Bertz CT molecular complexity index is 2080. The number of benzene rings is 6. The number of carbonyl (C=O) groups is 1. The predicted molar refractivity (Wildman–Crippen MR) is 179 cm³/mol. The topological polar surface area (TPSA) is 78.8 Å². The number of nitrogens with one attached hydrogen (secondary N) is 1. The second kappa shape index (κ2) is 12.3. The second-order valence-electron chi connectivity index (χ2n) is 10.3. The summed E-state index contributed by atoms with van der Waals surface area (Å²) >= 11 is 6.37. The largest absolute Gasteiger partial charge is 0.271 e. The van der Waals surface area contributed by atoms with Gasteiger partial charge in [-0.2, -0.15) is 5.10 Å². The first kappa shape index (κ1) is 29.1. The van der Waals surface area contributed by atoms with Crippen LogP contribution in [0.4, 0.5) is 5.69 Å². The van der Waals surface area contributed by atoms with Gasteiger partial charge in [0, 0.05) is 16.1 Å². The third-order valence-electron chi connectivity index (χ3n) is 7.55. The highest BCUT2D eigenvalue weighted by Gasteiger charge is 2.27. The molecule has 6 nitrogen and oxygen atoms in total. The zero-order chi connectivity index (χ0) is 30.7. The van der Waals surface area contributed by atoms with Gasteiger partial charge in [0.05, 0.1) is 23.3 Å². The number of hydrogen-bond donors (Lipinski definition) is 1. The van der Waals surface area contributed by atoms with E-state index >= 15 is 0 Å². The average molecular weight is 618 g/mol. The molecule has 0 saturated heterocycles. The van der Waals surface area contributed by atoms with Crippen LogP contribution in [-0.4, -0.2) is 20.5 Å². The molecule has 0 unspecified atom stereocenters. The summed E-state index contributed by atoms with van der Waals surface area (Å²) < 4.78 is 28.9. The molecule has 0 spiro atoms. The van der Waals surface area contributed by atoms with E-state index in [4.69, 9.17) is 11.6 Å². The van der Waals surface area contributed by atoms with E-state index in [2.05, 4.69) is 28.7 Å². The van der Waals surface area contributed by atoms with Gasteiger partial charge in [0.1, 0.15) is 0 Å². The number of hydrogen-bond acceptors (Lipinski definition) is 4. The molecule has 0 fully saturated rings. The molecule has 0 bridgehead atoms. The second-order valence-corrected chi connectivity index (χ2v) is 12.6. The molecule has 0 radical (unpaired) electrons. The number of hydrazone groups is 1. The quantitative estimate of drug-likeness (QED) is 0.106. The van der Waals surface area contributed by atoms with Gasteiger partial charge < -0.3 is 0 Å². The third kappa shape index (κ3) is 5.80. The van der Waals surface area contributed by atoms with E-state index in [0.29, 0.717) is 27.4 Å². The molecule has 0 heterocycles. The molecule has 6 rings (SSSR count). The Morgan fingerprint density at radius 3 is 2.07 bits per heavy atom. The molecule has 0 aliphatic carbocycles. The number of sulfonamides is 1. The molecule has 1 amide bonds. The number of nitrogens with zero attached hydrogens (tertiary/aromatic N) is 2. The average Bonchev–Trinajstić information content (AvgIpc) is 3.05. The van der Waals surface area contributed by atoms with Crippen molar-refractivity contribution in [1.82, 2.24) is 5.43 Å². The minimum Gasteiger partial charge on any atom is -0.267 e. The van der Waals surface area contributed by atoms with Gasteiger partial charge in [-0.3, -0.25) is 9.10 Å². The highest BCUT2D eigenvalue weighted by molar-refractivity contribution is 7.92. The highest BCUT2D eigenvalue weighted by atomic mass is 35.5. The molecular weight excluding hydrogens is 590 g/mol. The Hall–Kier alpha value is -4.98. The molecule has 44 heavy (non-hydrogen) atoms. The maximum atomic E-state index is 13.8. The summed E-state index contributed by atoms with van der Waals surface area (Å²) in [6.45, 7) is 1.84. The van der Waals surface area contributed by atoms with Crippen LogP contribution in [-0.2, 0) is 16.6 Å². The molecule has 6 aromatic rings. The summed E-state index contributed by atoms with van der Waals surface area (Å²) in [6.07, 6.45) is 1.68. The molecule has 0 aliphatic rings. The van der Waals surface area contributed by atoms with E-state index in [1.807, 2.05) is 36.4 Å². The van der Waals surface area contributed by atoms with Crippen LogP contribution in [0.5, 0.6) is 0 Å². The van der Waals surface area contributed by atoms with E-state index in [-0.39, 0.29) is 17.3 Å². The van der Waals surface area contributed by atoms with E-state index in [9.17, 15) is 13.2 Å². The first-order chi connectivity index (χ1) is 21.3. The van der Waals surface area contributed by atoms with Crippen molar-refractivity contribution < 1.29 is 13.2 Å². The Kier molecular flexibility index (Phi) is 8.15. The van der Waals surface area contributed by atoms with Crippen LogP contribution in [0, 0.1) is 6.92 Å². The molecule has 0 aromatic heterocycles. The minimum atomic E-state index is -3.91. The summed E-state index contributed by atoms with van der Waals surface area (Å²) in [5.74, 6) is -0.378. The van der Waals surface area contributed by atoms with Crippen molar-refractivity contribution in [2.75, 3.05) is 4.31 Å². The van der Waals surface area contributed by atoms with Crippen molar-refractivity contribution in [2.45, 2.75) is 18.4 Å². The van der Waals surface area contributed by atoms with Crippen LogP contribution in [0.1, 0.15) is 27.0 Å². The van der Waals surface area contributed by atoms with Gasteiger partial charge in [0.15, 0.2) is 0 Å². The van der Waals surface area contributed by atoms with Crippen molar-refractivity contribution in [2.24, 2.45) is 5.10 Å². The summed E-state index contributed by atoms with van der Waals surface area (Å²) in [7, 11) is -3.91. The third-order valence-corrected chi connectivity index (χ3v) is 9.74. The zero-order valence-electron chi connectivity index (χ0n) is 23.8. The van der Waals surface area contributed by atoms with Crippen LogP contribution in [0.2, 0.25) is 5.02 Å². The lowest BCUT2D eigenvalue weighted by molar-refractivity contribution is 0.0955. The number of amides is 1. The van der Waals surface area contributed by atoms with E-state index < -0.39 is 10.0 Å². The summed E-state index contributed by atoms with van der Waals surface area (Å²) in [4.78, 5) is 13.2.